The SMILES string of the molecule is Cc1cc(Br)ccc1Nc1ccc(C(=S)c2cccc(Cl)c2C)c(Cl)c1. The molecule has 26 heavy (non-hydrogen) atoms. The number of hydrogen-bond acceptors (Lipinski definition) is 2. The fraction of sp³-hybridized carbons (Fsp3) is 0.0952. The minimum atomic E-state index is 0.606. The Bertz CT molecular complexity index is 1000. The van der Waals surface area contributed by atoms with Crippen molar-refractivity contribution in [3.63, 3.8) is 0 Å². The molecule has 1 nitrogen and oxygen atoms in total. The third-order valence-electron chi connectivity index (χ3n) is 4.19. The summed E-state index contributed by atoms with van der Waals surface area (Å²) in [5.41, 5.74) is 5.80. The van der Waals surface area contributed by atoms with Gasteiger partial charge in [-0.25, -0.2) is 0 Å². The maximum absolute atomic E-state index is 6.53. The van der Waals surface area contributed by atoms with E-state index in [1.807, 2.05) is 55.5 Å². The lowest BCUT2D eigenvalue weighted by Gasteiger charge is -2.14. The van der Waals surface area contributed by atoms with Gasteiger partial charge in [0.05, 0.1) is 9.89 Å². The van der Waals surface area contributed by atoms with Gasteiger partial charge >= 0.3 is 0 Å². The van der Waals surface area contributed by atoms with Crippen LogP contribution in [0.15, 0.2) is 59.1 Å². The van der Waals surface area contributed by atoms with Crippen molar-refractivity contribution < 1.29 is 0 Å². The molecule has 5 heteroatoms. The maximum Gasteiger partial charge on any atom is 0.0540 e. The average Bonchev–Trinajstić information content (AvgIpc) is 2.59. The summed E-state index contributed by atoms with van der Waals surface area (Å²) in [5, 5.41) is 4.70. The number of rotatable bonds is 4. The van der Waals surface area contributed by atoms with Crippen LogP contribution in [-0.2, 0) is 0 Å². The Kier molecular flexibility index (Phi) is 6.03. The molecule has 0 aliphatic heterocycles. The van der Waals surface area contributed by atoms with Crippen molar-refractivity contribution in [3.05, 3.63) is 91.4 Å². The first kappa shape index (κ1) is 19.4. The summed E-state index contributed by atoms with van der Waals surface area (Å²) in [5.74, 6) is 0. The maximum atomic E-state index is 6.53. The minimum absolute atomic E-state index is 0.606. The molecule has 132 valence electrons. The molecule has 3 aromatic carbocycles. The predicted octanol–water partition coefficient (Wildman–Crippen LogP) is 7.88. The largest absolute Gasteiger partial charge is 0.355 e. The van der Waals surface area contributed by atoms with Gasteiger partial charge in [-0.05, 0) is 73.0 Å². The molecule has 1 N–H and O–H groups in total. The summed E-state index contributed by atoms with van der Waals surface area (Å²) in [6.45, 7) is 4.02. The second-order valence-electron chi connectivity index (χ2n) is 6.02. The Morgan fingerprint density at radius 1 is 0.923 bits per heavy atom. The molecule has 0 saturated heterocycles. The molecule has 0 atom stereocenters. The van der Waals surface area contributed by atoms with Crippen molar-refractivity contribution in [1.82, 2.24) is 0 Å². The molecule has 0 unspecified atom stereocenters. The van der Waals surface area contributed by atoms with Crippen LogP contribution in [0.25, 0.3) is 0 Å². The number of nitrogens with one attached hydrogen (secondary N) is 1. The Morgan fingerprint density at radius 2 is 1.69 bits per heavy atom. The van der Waals surface area contributed by atoms with Gasteiger partial charge in [-0.3, -0.25) is 0 Å². The molecule has 0 bridgehead atoms. The van der Waals surface area contributed by atoms with Crippen LogP contribution in [0.4, 0.5) is 11.4 Å². The van der Waals surface area contributed by atoms with Crippen molar-refractivity contribution in [2.45, 2.75) is 13.8 Å². The number of aryl methyl sites for hydroxylation is 1. The van der Waals surface area contributed by atoms with Crippen molar-refractivity contribution in [2.75, 3.05) is 5.32 Å². The lowest BCUT2D eigenvalue weighted by atomic mass is 10.00. The van der Waals surface area contributed by atoms with Gasteiger partial charge in [0.2, 0.25) is 0 Å². The lowest BCUT2D eigenvalue weighted by Crippen LogP contribution is -2.04. The van der Waals surface area contributed by atoms with Gasteiger partial charge in [0.15, 0.2) is 0 Å². The Balaban J connectivity index is 1.90. The van der Waals surface area contributed by atoms with E-state index in [4.69, 9.17) is 35.4 Å². The molecule has 3 rings (SSSR count). The van der Waals surface area contributed by atoms with Gasteiger partial charge in [-0.15, -0.1) is 0 Å². The van der Waals surface area contributed by atoms with E-state index in [1.165, 1.54) is 0 Å². The topological polar surface area (TPSA) is 12.0 Å². The second kappa shape index (κ2) is 8.10. The number of hydrogen-bond donors (Lipinski definition) is 1. The van der Waals surface area contributed by atoms with Gasteiger partial charge in [0, 0.05) is 26.4 Å². The molecule has 0 spiro atoms. The van der Waals surface area contributed by atoms with Crippen molar-refractivity contribution in [2.24, 2.45) is 0 Å². The van der Waals surface area contributed by atoms with E-state index in [0.717, 1.165) is 38.1 Å². The van der Waals surface area contributed by atoms with Crippen molar-refractivity contribution >= 4 is 67.6 Å². The summed E-state index contributed by atoms with van der Waals surface area (Å²) in [4.78, 5) is 0.696. The summed E-state index contributed by atoms with van der Waals surface area (Å²) in [6, 6.07) is 17.6. The lowest BCUT2D eigenvalue weighted by molar-refractivity contribution is 1.41. The normalized spacial score (nSPS) is 10.7. The van der Waals surface area contributed by atoms with Crippen LogP contribution in [0.5, 0.6) is 0 Å². The Morgan fingerprint density at radius 3 is 2.38 bits per heavy atom. The van der Waals surface area contributed by atoms with Crippen LogP contribution in [-0.4, -0.2) is 4.86 Å². The Labute approximate surface area is 177 Å². The standard InChI is InChI=1S/C21H16BrCl2NS/c1-12-10-14(22)6-9-20(12)25-15-7-8-17(19(24)11-15)21(26)16-4-3-5-18(23)13(16)2/h3-11,25H,1-2H3. The molecule has 0 aliphatic rings. The second-order valence-corrected chi connectivity index (χ2v) is 8.16. The average molecular weight is 465 g/mol. The van der Waals surface area contributed by atoms with E-state index < -0.39 is 0 Å². The molecular formula is C21H16BrCl2NS. The van der Waals surface area contributed by atoms with Crippen LogP contribution in [0.3, 0.4) is 0 Å². The highest BCUT2D eigenvalue weighted by Gasteiger charge is 2.13. The third-order valence-corrected chi connectivity index (χ3v) is 5.85. The molecular weight excluding hydrogens is 449 g/mol. The Hall–Kier alpha value is -1.39. The van der Waals surface area contributed by atoms with E-state index in [0.29, 0.717) is 14.9 Å². The molecule has 0 saturated carbocycles. The van der Waals surface area contributed by atoms with Gasteiger partial charge in [0.25, 0.3) is 0 Å². The molecule has 0 radical (unpaired) electrons. The van der Waals surface area contributed by atoms with E-state index in [2.05, 4.69) is 34.2 Å². The summed E-state index contributed by atoms with van der Waals surface area (Å²) >= 11 is 21.9. The zero-order chi connectivity index (χ0) is 18.8. The van der Waals surface area contributed by atoms with E-state index in [9.17, 15) is 0 Å². The van der Waals surface area contributed by atoms with E-state index in [-0.39, 0.29) is 0 Å². The van der Waals surface area contributed by atoms with Crippen LogP contribution in [0, 0.1) is 13.8 Å². The highest BCUT2D eigenvalue weighted by atomic mass is 79.9. The van der Waals surface area contributed by atoms with Crippen molar-refractivity contribution in [3.8, 4) is 0 Å². The van der Waals surface area contributed by atoms with Gasteiger partial charge in [0.1, 0.15) is 0 Å². The number of benzene rings is 3. The molecule has 0 heterocycles. The number of thiocarbonyl (C=S) groups is 1. The molecule has 0 amide bonds. The fourth-order valence-electron chi connectivity index (χ4n) is 2.70. The zero-order valence-electron chi connectivity index (χ0n) is 14.2. The van der Waals surface area contributed by atoms with Crippen LogP contribution in [0.1, 0.15) is 22.3 Å². The quantitative estimate of drug-likeness (QED) is 0.311. The first-order valence-corrected chi connectivity index (χ1v) is 9.95. The summed E-state index contributed by atoms with van der Waals surface area (Å²) < 4.78 is 1.05. The molecule has 0 aromatic heterocycles. The van der Waals surface area contributed by atoms with Crippen LogP contribution < -0.4 is 5.32 Å². The van der Waals surface area contributed by atoms with Crippen molar-refractivity contribution in [1.29, 1.82) is 0 Å². The van der Waals surface area contributed by atoms with Crippen LogP contribution in [0.2, 0.25) is 10.0 Å². The third kappa shape index (κ3) is 4.12. The minimum Gasteiger partial charge on any atom is -0.355 e. The van der Waals surface area contributed by atoms with Gasteiger partial charge in [-0.1, -0.05) is 63.5 Å². The highest BCUT2D eigenvalue weighted by Crippen LogP contribution is 2.30. The monoisotopic (exact) mass is 463 g/mol. The van der Waals surface area contributed by atoms with Gasteiger partial charge in [-0.2, -0.15) is 0 Å². The van der Waals surface area contributed by atoms with Gasteiger partial charge < -0.3 is 5.32 Å². The molecule has 0 fully saturated rings. The highest BCUT2D eigenvalue weighted by molar-refractivity contribution is 9.10. The smallest absolute Gasteiger partial charge is 0.0540 e. The zero-order valence-corrected chi connectivity index (χ0v) is 18.2. The summed E-state index contributed by atoms with van der Waals surface area (Å²) in [6.07, 6.45) is 0. The van der Waals surface area contributed by atoms with E-state index in [1.54, 1.807) is 0 Å². The van der Waals surface area contributed by atoms with E-state index >= 15 is 0 Å². The number of halogens is 3. The first-order valence-electron chi connectivity index (χ1n) is 7.99. The molecule has 0 aliphatic carbocycles. The summed E-state index contributed by atoms with van der Waals surface area (Å²) in [7, 11) is 0. The first-order chi connectivity index (χ1) is 12.4. The fourth-order valence-corrected chi connectivity index (χ4v) is 4.08. The predicted molar refractivity (Wildman–Crippen MR) is 121 cm³/mol. The molecule has 3 aromatic rings. The number of anilines is 2. The van der Waals surface area contributed by atoms with Crippen LogP contribution >= 0.6 is 51.3 Å².